The minimum atomic E-state index is -0.201. The molecule has 0 fully saturated rings. The highest BCUT2D eigenvalue weighted by Crippen LogP contribution is 2.43. The second-order valence-corrected chi connectivity index (χ2v) is 8.24. The number of H-pyrrole nitrogens is 1. The Morgan fingerprint density at radius 2 is 2.12 bits per heavy atom. The molecule has 0 bridgehead atoms. The molecular weight excluding hydrogens is 366 g/mol. The molecule has 1 N–H and O–H groups in total. The zero-order chi connectivity index (χ0) is 18.1. The molecule has 5 nitrogen and oxygen atoms in total. The summed E-state index contributed by atoms with van der Waals surface area (Å²) in [6.45, 7) is 1.77. The van der Waals surface area contributed by atoms with Crippen LogP contribution in [0.5, 0.6) is 0 Å². The first-order valence-electron chi connectivity index (χ1n) is 8.25. The monoisotopic (exact) mass is 383 g/mol. The Morgan fingerprint density at radius 3 is 2.96 bits per heavy atom. The van der Waals surface area contributed by atoms with Gasteiger partial charge in [0.2, 0.25) is 5.91 Å². The molecule has 1 aromatic carbocycles. The molecule has 2 atom stereocenters. The molecule has 4 rings (SSSR count). The lowest BCUT2D eigenvalue weighted by Gasteiger charge is -2.40. The van der Waals surface area contributed by atoms with Gasteiger partial charge in [-0.05, 0) is 19.1 Å². The number of amides is 1. The number of aromatic nitrogens is 2. The molecule has 2 aromatic rings. The molecule has 7 heteroatoms. The van der Waals surface area contributed by atoms with Crippen molar-refractivity contribution in [3.05, 3.63) is 70.7 Å². The summed E-state index contributed by atoms with van der Waals surface area (Å²) in [6, 6.07) is 9.42. The normalized spacial score (nSPS) is 20.6. The number of para-hydroxylation sites is 1. The van der Waals surface area contributed by atoms with Gasteiger partial charge in [0.1, 0.15) is 0 Å². The molecule has 0 saturated heterocycles. The van der Waals surface area contributed by atoms with Gasteiger partial charge in [0.25, 0.3) is 5.56 Å². The lowest BCUT2D eigenvalue weighted by molar-refractivity contribution is -0.116. The first-order valence-corrected chi connectivity index (χ1v) is 10.1. The van der Waals surface area contributed by atoms with Gasteiger partial charge in [-0.15, -0.1) is 11.8 Å². The standard InChI is InChI=1S/C19H17N3O2S2/c1-12-10-17(23)21-19(20-12)25-11-18(24)22-13-6-2-4-8-15(13)26-16-9-5-3-7-14(16)22/h2-10,13,15H,11H2,1H3,(H,20,21,23)/t13-,15-/m0/s1. The van der Waals surface area contributed by atoms with E-state index < -0.39 is 0 Å². The molecule has 0 unspecified atom stereocenters. The third-order valence-electron chi connectivity index (χ3n) is 4.19. The van der Waals surface area contributed by atoms with Crippen LogP contribution in [0.2, 0.25) is 0 Å². The highest BCUT2D eigenvalue weighted by molar-refractivity contribution is 8.00. The van der Waals surface area contributed by atoms with Crippen LogP contribution in [0.25, 0.3) is 0 Å². The Morgan fingerprint density at radius 1 is 1.31 bits per heavy atom. The van der Waals surface area contributed by atoms with Gasteiger partial charge in [-0.2, -0.15) is 0 Å². The molecule has 0 radical (unpaired) electrons. The van der Waals surface area contributed by atoms with Crippen LogP contribution in [-0.2, 0) is 4.79 Å². The van der Waals surface area contributed by atoms with Gasteiger partial charge < -0.3 is 9.88 Å². The Labute approximate surface area is 159 Å². The van der Waals surface area contributed by atoms with Crippen molar-refractivity contribution in [2.45, 2.75) is 28.3 Å². The number of carbonyl (C=O) groups excluding carboxylic acids is 1. The van der Waals surface area contributed by atoms with Gasteiger partial charge in [-0.25, -0.2) is 4.98 Å². The number of benzene rings is 1. The Hall–Kier alpha value is -2.25. The third-order valence-corrected chi connectivity index (χ3v) is 6.36. The van der Waals surface area contributed by atoms with Crippen molar-refractivity contribution in [2.24, 2.45) is 0 Å². The van der Waals surface area contributed by atoms with Gasteiger partial charge in [0.05, 0.1) is 22.7 Å². The van der Waals surface area contributed by atoms with E-state index in [1.165, 1.54) is 17.8 Å². The quantitative estimate of drug-likeness (QED) is 0.651. The van der Waals surface area contributed by atoms with E-state index >= 15 is 0 Å². The molecule has 0 spiro atoms. The van der Waals surface area contributed by atoms with Crippen molar-refractivity contribution in [3.8, 4) is 0 Å². The second-order valence-electron chi connectivity index (χ2n) is 6.05. The number of nitrogens with one attached hydrogen (secondary N) is 1. The van der Waals surface area contributed by atoms with E-state index in [0.29, 0.717) is 10.9 Å². The molecule has 1 aromatic heterocycles. The number of fused-ring (bicyclic) bond motifs is 2. The fourth-order valence-corrected chi connectivity index (χ4v) is 5.14. The summed E-state index contributed by atoms with van der Waals surface area (Å²) in [7, 11) is 0. The van der Waals surface area contributed by atoms with Gasteiger partial charge in [-0.3, -0.25) is 9.59 Å². The van der Waals surface area contributed by atoms with Crippen LogP contribution in [0.3, 0.4) is 0 Å². The lowest BCUT2D eigenvalue weighted by Crippen LogP contribution is -2.48. The average molecular weight is 383 g/mol. The summed E-state index contributed by atoms with van der Waals surface area (Å²) < 4.78 is 0. The number of aryl methyl sites for hydroxylation is 1. The zero-order valence-corrected chi connectivity index (χ0v) is 15.7. The van der Waals surface area contributed by atoms with E-state index in [0.717, 1.165) is 10.6 Å². The lowest BCUT2D eigenvalue weighted by atomic mass is 10.0. The molecule has 1 amide bonds. The molecular formula is C19H17N3O2S2. The summed E-state index contributed by atoms with van der Waals surface area (Å²) in [5.41, 5.74) is 1.38. The zero-order valence-electron chi connectivity index (χ0n) is 14.1. The topological polar surface area (TPSA) is 66.1 Å². The smallest absolute Gasteiger partial charge is 0.251 e. The van der Waals surface area contributed by atoms with Gasteiger partial charge in [0, 0.05) is 16.7 Å². The van der Waals surface area contributed by atoms with E-state index in [4.69, 9.17) is 0 Å². The van der Waals surface area contributed by atoms with Crippen LogP contribution < -0.4 is 10.5 Å². The number of nitrogens with zero attached hydrogens (tertiary/aromatic N) is 2. The predicted octanol–water partition coefficient (Wildman–Crippen LogP) is 3.17. The minimum Gasteiger partial charge on any atom is -0.302 e. The molecule has 2 aliphatic rings. The number of carbonyl (C=O) groups is 1. The SMILES string of the molecule is Cc1cc(=O)[nH]c(SCC(=O)N2c3ccccc3S[C@H]3C=CC=C[C@@H]32)n1. The molecule has 26 heavy (non-hydrogen) atoms. The molecule has 2 heterocycles. The van der Waals surface area contributed by atoms with E-state index in [-0.39, 0.29) is 28.5 Å². The van der Waals surface area contributed by atoms with Crippen molar-refractivity contribution >= 4 is 35.1 Å². The van der Waals surface area contributed by atoms with Gasteiger partial charge in [0.15, 0.2) is 5.16 Å². The summed E-state index contributed by atoms with van der Waals surface area (Å²) >= 11 is 3.04. The maximum atomic E-state index is 13.1. The molecule has 1 aliphatic carbocycles. The largest absolute Gasteiger partial charge is 0.302 e. The van der Waals surface area contributed by atoms with Crippen molar-refractivity contribution in [1.29, 1.82) is 0 Å². The number of allylic oxidation sites excluding steroid dienone is 2. The third kappa shape index (κ3) is 3.37. The molecule has 132 valence electrons. The second kappa shape index (κ2) is 7.17. The van der Waals surface area contributed by atoms with Crippen LogP contribution >= 0.6 is 23.5 Å². The number of thioether (sulfide) groups is 2. The highest BCUT2D eigenvalue weighted by atomic mass is 32.2. The van der Waals surface area contributed by atoms with Gasteiger partial charge in [-0.1, -0.05) is 48.2 Å². The molecule has 1 aliphatic heterocycles. The maximum absolute atomic E-state index is 13.1. The van der Waals surface area contributed by atoms with Crippen molar-refractivity contribution in [2.75, 3.05) is 10.7 Å². The number of hydrogen-bond donors (Lipinski definition) is 1. The van der Waals surface area contributed by atoms with Crippen LogP contribution in [0.4, 0.5) is 5.69 Å². The number of hydrogen-bond acceptors (Lipinski definition) is 5. The summed E-state index contributed by atoms with van der Waals surface area (Å²) in [4.78, 5) is 34.6. The van der Waals surface area contributed by atoms with Crippen LogP contribution in [0.1, 0.15) is 5.69 Å². The fraction of sp³-hybridized carbons (Fsp3) is 0.211. The number of rotatable bonds is 3. The van der Waals surface area contributed by atoms with E-state index in [9.17, 15) is 9.59 Å². The van der Waals surface area contributed by atoms with Crippen LogP contribution in [-0.4, -0.2) is 32.9 Å². The van der Waals surface area contributed by atoms with Crippen molar-refractivity contribution in [3.63, 3.8) is 0 Å². The average Bonchev–Trinajstić information content (AvgIpc) is 2.63. The first kappa shape index (κ1) is 17.2. The Kier molecular flexibility index (Phi) is 4.74. The van der Waals surface area contributed by atoms with E-state index in [1.807, 2.05) is 35.3 Å². The summed E-state index contributed by atoms with van der Waals surface area (Å²) in [5, 5.41) is 0.680. The van der Waals surface area contributed by atoms with E-state index in [1.54, 1.807) is 18.7 Å². The number of aromatic amines is 1. The van der Waals surface area contributed by atoms with Crippen LogP contribution in [0, 0.1) is 6.92 Å². The Bertz CT molecular complexity index is 967. The van der Waals surface area contributed by atoms with Crippen molar-refractivity contribution in [1.82, 2.24) is 9.97 Å². The summed E-state index contributed by atoms with van der Waals surface area (Å²) in [5.74, 6) is 0.216. The van der Waals surface area contributed by atoms with Crippen molar-refractivity contribution < 1.29 is 4.79 Å². The number of anilines is 1. The predicted molar refractivity (Wildman–Crippen MR) is 106 cm³/mol. The minimum absolute atomic E-state index is 0.00172. The first-order chi connectivity index (χ1) is 12.6. The highest BCUT2D eigenvalue weighted by Gasteiger charge is 2.36. The van der Waals surface area contributed by atoms with E-state index in [2.05, 4.69) is 28.2 Å². The maximum Gasteiger partial charge on any atom is 0.251 e. The van der Waals surface area contributed by atoms with Crippen LogP contribution in [0.15, 0.2) is 69.5 Å². The van der Waals surface area contributed by atoms with Gasteiger partial charge >= 0.3 is 0 Å². The Balaban J connectivity index is 1.60. The summed E-state index contributed by atoms with van der Waals surface area (Å²) in [6.07, 6.45) is 8.23. The molecule has 0 saturated carbocycles. The fourth-order valence-electron chi connectivity index (χ4n) is 3.10.